The third-order valence-electron chi connectivity index (χ3n) is 5.68. The average molecular weight is 515 g/mol. The van der Waals surface area contributed by atoms with Crippen molar-refractivity contribution in [3.63, 3.8) is 0 Å². The number of aliphatic hydroxyl groups is 1. The van der Waals surface area contributed by atoms with E-state index in [1.54, 1.807) is 34.0 Å². The lowest BCUT2D eigenvalue weighted by atomic mass is 9.95. The normalized spacial score (nSPS) is 15.2. The summed E-state index contributed by atoms with van der Waals surface area (Å²) in [5.41, 5.74) is 3.14. The summed E-state index contributed by atoms with van der Waals surface area (Å²) in [7, 11) is -3.53. The van der Waals surface area contributed by atoms with E-state index in [9.17, 15) is 14.5 Å². The first-order valence-corrected chi connectivity index (χ1v) is 17.0. The number of esters is 1. The van der Waals surface area contributed by atoms with Crippen LogP contribution in [0.5, 0.6) is 11.5 Å². The molecule has 1 N–H and O–H groups in total. The standard InChI is InChI=1S/C24H39O8PSi/c1-9-31-33(27,32-10-2)24(26)16(3)11-12-18-21(28-5)17(4)19-15-30-23(25)20(19)22(18)29-13-14-34(6,7)8/h11,24,26H,9-10,12-15H2,1-8H3. The number of fused-ring (bicyclic) bond motifs is 1. The SMILES string of the molecule is CCOP(=O)(OCC)C(O)C(C)=CCc1c(OC)c(C)c2c(c1OCC[Si](C)(C)C)C(=O)OC2. The third kappa shape index (κ3) is 6.52. The first-order valence-electron chi connectivity index (χ1n) is 11.7. The van der Waals surface area contributed by atoms with E-state index < -0.39 is 27.5 Å². The maximum atomic E-state index is 13.0. The second kappa shape index (κ2) is 11.9. The molecule has 192 valence electrons. The van der Waals surface area contributed by atoms with Gasteiger partial charge in [0.15, 0.2) is 5.85 Å². The highest BCUT2D eigenvalue weighted by Crippen LogP contribution is 2.54. The molecule has 1 aromatic carbocycles. The van der Waals surface area contributed by atoms with Gasteiger partial charge in [0.2, 0.25) is 0 Å². The van der Waals surface area contributed by atoms with E-state index in [0.717, 1.165) is 17.2 Å². The molecular formula is C24H39O8PSi. The summed E-state index contributed by atoms with van der Waals surface area (Å²) in [6.45, 7) is 14.7. The van der Waals surface area contributed by atoms with Crippen molar-refractivity contribution in [3.05, 3.63) is 33.9 Å². The lowest BCUT2D eigenvalue weighted by Gasteiger charge is -2.23. The zero-order valence-corrected chi connectivity index (χ0v) is 23.5. The van der Waals surface area contributed by atoms with Crippen molar-refractivity contribution in [2.45, 2.75) is 72.3 Å². The number of aliphatic hydroxyl groups excluding tert-OH is 1. The molecule has 1 unspecified atom stereocenters. The van der Waals surface area contributed by atoms with E-state index in [0.29, 0.717) is 34.8 Å². The van der Waals surface area contributed by atoms with Gasteiger partial charge in [0, 0.05) is 19.2 Å². The third-order valence-corrected chi connectivity index (χ3v) is 9.62. The van der Waals surface area contributed by atoms with Crippen molar-refractivity contribution < 1.29 is 37.7 Å². The second-order valence-electron chi connectivity index (χ2n) is 9.46. The minimum absolute atomic E-state index is 0.149. The Kier molecular flexibility index (Phi) is 9.98. The molecule has 0 spiro atoms. The first-order chi connectivity index (χ1) is 15.9. The molecule has 8 nitrogen and oxygen atoms in total. The summed E-state index contributed by atoms with van der Waals surface area (Å²) in [6.07, 6.45) is 2.03. The minimum Gasteiger partial charge on any atom is -0.496 e. The van der Waals surface area contributed by atoms with Crippen molar-refractivity contribution in [3.8, 4) is 11.5 Å². The Morgan fingerprint density at radius 3 is 2.35 bits per heavy atom. The number of hydrogen-bond donors (Lipinski definition) is 1. The molecule has 0 saturated carbocycles. The highest BCUT2D eigenvalue weighted by Gasteiger charge is 2.36. The van der Waals surface area contributed by atoms with Crippen molar-refractivity contribution in [2.24, 2.45) is 0 Å². The maximum absolute atomic E-state index is 13.0. The molecule has 1 atom stereocenters. The molecule has 0 amide bonds. The highest BCUT2D eigenvalue weighted by molar-refractivity contribution is 7.54. The van der Waals surface area contributed by atoms with Gasteiger partial charge in [-0.25, -0.2) is 4.79 Å². The molecule has 0 fully saturated rings. The van der Waals surface area contributed by atoms with E-state index in [1.165, 1.54) is 0 Å². The average Bonchev–Trinajstić information content (AvgIpc) is 3.14. The Labute approximate surface area is 204 Å². The highest BCUT2D eigenvalue weighted by atomic mass is 31.2. The molecule has 1 aliphatic rings. The number of methoxy groups -OCH3 is 1. The Morgan fingerprint density at radius 1 is 1.21 bits per heavy atom. The second-order valence-corrected chi connectivity index (χ2v) is 17.2. The minimum atomic E-state index is -3.73. The Morgan fingerprint density at radius 2 is 1.82 bits per heavy atom. The van der Waals surface area contributed by atoms with E-state index in [1.807, 2.05) is 6.92 Å². The van der Waals surface area contributed by atoms with Crippen LogP contribution in [0.2, 0.25) is 25.7 Å². The van der Waals surface area contributed by atoms with Crippen LogP contribution in [0.3, 0.4) is 0 Å². The smallest absolute Gasteiger partial charge is 0.363 e. The summed E-state index contributed by atoms with van der Waals surface area (Å²) < 4.78 is 40.8. The number of ether oxygens (including phenoxy) is 3. The largest absolute Gasteiger partial charge is 0.496 e. The zero-order chi connectivity index (χ0) is 25.7. The van der Waals surface area contributed by atoms with E-state index >= 15 is 0 Å². The zero-order valence-electron chi connectivity index (χ0n) is 21.6. The molecule has 0 aromatic heterocycles. The molecule has 0 radical (unpaired) electrons. The molecule has 2 rings (SSSR count). The van der Waals surface area contributed by atoms with Gasteiger partial charge in [0.1, 0.15) is 23.7 Å². The molecular weight excluding hydrogens is 475 g/mol. The molecule has 1 heterocycles. The fourth-order valence-electron chi connectivity index (χ4n) is 3.78. The van der Waals surface area contributed by atoms with Gasteiger partial charge in [-0.15, -0.1) is 0 Å². The fraction of sp³-hybridized carbons (Fsp3) is 0.625. The summed E-state index contributed by atoms with van der Waals surface area (Å²) in [5, 5.41) is 10.7. The van der Waals surface area contributed by atoms with Crippen LogP contribution in [0.25, 0.3) is 0 Å². The molecule has 1 aromatic rings. The van der Waals surface area contributed by atoms with Gasteiger partial charge in [-0.05, 0) is 51.3 Å². The predicted molar refractivity (Wildman–Crippen MR) is 135 cm³/mol. The molecule has 10 heteroatoms. The lowest BCUT2D eigenvalue weighted by Crippen LogP contribution is -2.23. The van der Waals surface area contributed by atoms with Crippen LogP contribution in [-0.4, -0.2) is 51.9 Å². The number of cyclic esters (lactones) is 1. The Hall–Kier alpha value is -1.64. The maximum Gasteiger partial charge on any atom is 0.363 e. The van der Waals surface area contributed by atoms with Crippen molar-refractivity contribution in [1.29, 1.82) is 0 Å². The Bertz CT molecular complexity index is 957. The van der Waals surface area contributed by atoms with Gasteiger partial charge in [0.05, 0.1) is 26.9 Å². The lowest BCUT2D eigenvalue weighted by molar-refractivity contribution is 0.0532. The van der Waals surface area contributed by atoms with E-state index in [-0.39, 0.29) is 26.2 Å². The van der Waals surface area contributed by atoms with Crippen LogP contribution in [0, 0.1) is 6.92 Å². The van der Waals surface area contributed by atoms with Crippen molar-refractivity contribution in [2.75, 3.05) is 26.9 Å². The van der Waals surface area contributed by atoms with E-state index in [4.69, 9.17) is 23.3 Å². The van der Waals surface area contributed by atoms with Crippen molar-refractivity contribution >= 4 is 21.6 Å². The van der Waals surface area contributed by atoms with Crippen LogP contribution in [-0.2, 0) is 31.4 Å². The van der Waals surface area contributed by atoms with Gasteiger partial charge in [-0.2, -0.15) is 0 Å². The van der Waals surface area contributed by atoms with Crippen LogP contribution < -0.4 is 9.47 Å². The number of rotatable bonds is 13. The molecule has 1 aliphatic heterocycles. The summed E-state index contributed by atoms with van der Waals surface area (Å²) in [5.74, 6) is -0.760. The van der Waals surface area contributed by atoms with Gasteiger partial charge >= 0.3 is 13.6 Å². The number of benzene rings is 1. The number of carbonyl (C=O) groups excluding carboxylic acids is 1. The molecule has 0 aliphatic carbocycles. The molecule has 0 saturated heterocycles. The van der Waals surface area contributed by atoms with Crippen molar-refractivity contribution in [1.82, 2.24) is 0 Å². The van der Waals surface area contributed by atoms with Crippen LogP contribution in [0.4, 0.5) is 0 Å². The number of allylic oxidation sites excluding steroid dienone is 1. The van der Waals surface area contributed by atoms with Gasteiger partial charge in [0.25, 0.3) is 0 Å². The molecule has 0 bridgehead atoms. The molecule has 34 heavy (non-hydrogen) atoms. The van der Waals surface area contributed by atoms with E-state index in [2.05, 4.69) is 19.6 Å². The van der Waals surface area contributed by atoms with Crippen LogP contribution in [0.15, 0.2) is 11.6 Å². The Balaban J connectivity index is 2.50. The summed E-state index contributed by atoms with van der Waals surface area (Å²) >= 11 is 0. The van der Waals surface area contributed by atoms with Crippen LogP contribution >= 0.6 is 7.60 Å². The number of carbonyl (C=O) groups is 1. The number of hydrogen-bond acceptors (Lipinski definition) is 8. The monoisotopic (exact) mass is 514 g/mol. The van der Waals surface area contributed by atoms with Gasteiger partial charge in [-0.3, -0.25) is 4.57 Å². The first kappa shape index (κ1) is 28.6. The summed E-state index contributed by atoms with van der Waals surface area (Å²) in [4.78, 5) is 12.6. The van der Waals surface area contributed by atoms with Gasteiger partial charge < -0.3 is 28.4 Å². The predicted octanol–water partition coefficient (Wildman–Crippen LogP) is 5.46. The fourth-order valence-corrected chi connectivity index (χ4v) is 6.18. The van der Waals surface area contributed by atoms with Gasteiger partial charge in [-0.1, -0.05) is 25.7 Å². The van der Waals surface area contributed by atoms with Crippen LogP contribution in [0.1, 0.15) is 47.8 Å². The quantitative estimate of drug-likeness (QED) is 0.160. The summed E-state index contributed by atoms with van der Waals surface area (Å²) in [6, 6.07) is 0.923. The topological polar surface area (TPSA) is 101 Å².